The number of amides is 1. The van der Waals surface area contributed by atoms with Crippen molar-refractivity contribution in [3.8, 4) is 0 Å². The van der Waals surface area contributed by atoms with Crippen LogP contribution in [-0.4, -0.2) is 99.3 Å². The van der Waals surface area contributed by atoms with Gasteiger partial charge in [0.2, 0.25) is 0 Å². The van der Waals surface area contributed by atoms with Gasteiger partial charge in [-0.15, -0.1) is 0 Å². The van der Waals surface area contributed by atoms with Gasteiger partial charge in [-0.05, 0) is 19.0 Å². The van der Waals surface area contributed by atoms with E-state index in [1.165, 1.54) is 0 Å². The predicted octanol–water partition coefficient (Wildman–Crippen LogP) is -0.664. The smallest absolute Gasteiger partial charge is 0.274 e. The fraction of sp³-hybridized carbons (Fsp3) is 0.588. The molecule has 0 bridgehead atoms. The number of carbonyl (C=O) groups excluding carboxylic acids is 1. The number of likely N-dealkylation sites (N-methyl/N-ethyl adjacent to an activating group) is 1. The fourth-order valence-corrected chi connectivity index (χ4v) is 3.74. The number of rotatable bonds is 3. The second-order valence-electron chi connectivity index (χ2n) is 6.97. The summed E-state index contributed by atoms with van der Waals surface area (Å²) in [6, 6.07) is 2.15. The molecule has 1 N–H and O–H groups in total. The van der Waals surface area contributed by atoms with Gasteiger partial charge in [0.15, 0.2) is 11.3 Å². The van der Waals surface area contributed by atoms with Gasteiger partial charge in [-0.2, -0.15) is 5.10 Å². The molecule has 134 valence electrons. The summed E-state index contributed by atoms with van der Waals surface area (Å²) in [5.74, 6) is -0.0258. The van der Waals surface area contributed by atoms with E-state index in [2.05, 4.69) is 26.9 Å². The quantitative estimate of drug-likeness (QED) is 0.796. The molecule has 2 aromatic rings. The lowest BCUT2D eigenvalue weighted by Gasteiger charge is -2.46. The number of aliphatic hydroxyl groups excluding tert-OH is 1. The number of hydrogen-bond acceptors (Lipinski definition) is 6. The summed E-state index contributed by atoms with van der Waals surface area (Å²) < 4.78 is 1.63. The van der Waals surface area contributed by atoms with Crippen LogP contribution >= 0.6 is 0 Å². The monoisotopic (exact) mass is 344 g/mol. The number of hydrogen-bond donors (Lipinski definition) is 1. The molecule has 25 heavy (non-hydrogen) atoms. The number of piperazine rings is 2. The molecule has 4 heterocycles. The third-order valence-corrected chi connectivity index (χ3v) is 5.17. The Kier molecular flexibility index (Phi) is 4.41. The zero-order valence-electron chi connectivity index (χ0n) is 14.5. The van der Waals surface area contributed by atoms with Gasteiger partial charge >= 0.3 is 0 Å². The van der Waals surface area contributed by atoms with E-state index in [1.54, 1.807) is 16.8 Å². The van der Waals surface area contributed by atoms with Crippen molar-refractivity contribution in [3.63, 3.8) is 0 Å². The van der Waals surface area contributed by atoms with Crippen molar-refractivity contribution in [3.05, 3.63) is 29.7 Å². The molecular formula is C17H24N6O2. The Morgan fingerprint density at radius 2 is 2.12 bits per heavy atom. The molecule has 1 amide bonds. The van der Waals surface area contributed by atoms with E-state index in [1.807, 2.05) is 11.1 Å². The second-order valence-corrected chi connectivity index (χ2v) is 6.97. The highest BCUT2D eigenvalue weighted by atomic mass is 16.3. The maximum absolute atomic E-state index is 12.9. The minimum absolute atomic E-state index is 0.0258. The molecule has 0 radical (unpaired) electrons. The van der Waals surface area contributed by atoms with Gasteiger partial charge in [0.1, 0.15) is 0 Å². The topological polar surface area (TPSA) is 77.2 Å². The Hall–Kier alpha value is -2.03. The highest BCUT2D eigenvalue weighted by Crippen LogP contribution is 2.17. The summed E-state index contributed by atoms with van der Waals surface area (Å²) in [6.45, 7) is 5.67. The summed E-state index contributed by atoms with van der Waals surface area (Å²) in [5, 5.41) is 13.5. The summed E-state index contributed by atoms with van der Waals surface area (Å²) in [7, 11) is 2.13. The number of aliphatic hydroxyl groups is 1. The van der Waals surface area contributed by atoms with E-state index in [-0.39, 0.29) is 12.5 Å². The average Bonchev–Trinajstić information content (AvgIpc) is 3.04. The van der Waals surface area contributed by atoms with Crippen molar-refractivity contribution in [2.75, 3.05) is 52.9 Å². The van der Waals surface area contributed by atoms with E-state index >= 15 is 0 Å². The molecule has 2 saturated heterocycles. The molecule has 0 spiro atoms. The van der Waals surface area contributed by atoms with Crippen molar-refractivity contribution in [2.24, 2.45) is 0 Å². The zero-order chi connectivity index (χ0) is 17.4. The Morgan fingerprint density at radius 3 is 2.96 bits per heavy atom. The fourth-order valence-electron chi connectivity index (χ4n) is 3.74. The molecule has 2 fully saturated rings. The van der Waals surface area contributed by atoms with Crippen LogP contribution in [0.2, 0.25) is 0 Å². The lowest BCUT2D eigenvalue weighted by atomic mass is 10.1. The average molecular weight is 344 g/mol. The molecule has 2 aromatic heterocycles. The number of aromatic nitrogens is 3. The minimum atomic E-state index is -0.0258. The maximum atomic E-state index is 12.9. The molecule has 2 aliphatic heterocycles. The van der Waals surface area contributed by atoms with Crippen molar-refractivity contribution in [1.82, 2.24) is 29.3 Å². The van der Waals surface area contributed by atoms with Crippen molar-refractivity contribution in [1.29, 1.82) is 0 Å². The molecule has 0 saturated carbocycles. The van der Waals surface area contributed by atoms with Crippen LogP contribution in [0.15, 0.2) is 18.5 Å². The first-order chi connectivity index (χ1) is 12.1. The zero-order valence-corrected chi connectivity index (χ0v) is 14.5. The van der Waals surface area contributed by atoms with Gasteiger partial charge in [-0.3, -0.25) is 9.69 Å². The Bertz CT molecular complexity index is 776. The lowest BCUT2D eigenvalue weighted by molar-refractivity contribution is 0.0187. The third kappa shape index (κ3) is 3.24. The van der Waals surface area contributed by atoms with Crippen molar-refractivity contribution in [2.45, 2.75) is 12.5 Å². The molecule has 8 nitrogen and oxygen atoms in total. The summed E-state index contributed by atoms with van der Waals surface area (Å²) in [5.41, 5.74) is 1.99. The number of carbonyl (C=O) groups is 1. The molecule has 1 atom stereocenters. The largest absolute Gasteiger partial charge is 0.396 e. The summed E-state index contributed by atoms with van der Waals surface area (Å²) in [6.07, 6.45) is 4.07. The van der Waals surface area contributed by atoms with E-state index in [0.29, 0.717) is 23.8 Å². The van der Waals surface area contributed by atoms with Gasteiger partial charge < -0.3 is 14.9 Å². The molecule has 2 aliphatic rings. The highest BCUT2D eigenvalue weighted by molar-refractivity contribution is 5.93. The van der Waals surface area contributed by atoms with E-state index < -0.39 is 0 Å². The van der Waals surface area contributed by atoms with E-state index in [9.17, 15) is 4.79 Å². The van der Waals surface area contributed by atoms with Gasteiger partial charge in [-0.25, -0.2) is 9.50 Å². The van der Waals surface area contributed by atoms with Crippen LogP contribution in [-0.2, 0) is 6.42 Å². The van der Waals surface area contributed by atoms with Gasteiger partial charge in [0, 0.05) is 70.4 Å². The molecule has 0 aromatic carbocycles. The Balaban J connectivity index is 1.51. The Labute approximate surface area is 146 Å². The van der Waals surface area contributed by atoms with Gasteiger partial charge in [-0.1, -0.05) is 0 Å². The normalized spacial score (nSPS) is 22.3. The minimum Gasteiger partial charge on any atom is -0.396 e. The first-order valence-corrected chi connectivity index (χ1v) is 8.81. The van der Waals surface area contributed by atoms with Crippen LogP contribution in [0.25, 0.3) is 5.65 Å². The predicted molar refractivity (Wildman–Crippen MR) is 92.5 cm³/mol. The van der Waals surface area contributed by atoms with Crippen LogP contribution < -0.4 is 0 Å². The molecule has 0 unspecified atom stereocenters. The standard InChI is InChI=1S/C17H24N6O2/c1-20-3-4-21-5-6-22(12-14(21)11-20)17(25)15-8-16-18-9-13(2-7-24)10-23(16)19-15/h8-10,14,24H,2-7,11-12H2,1H3/t14-/m0/s1. The van der Waals surface area contributed by atoms with Crippen LogP contribution in [0.1, 0.15) is 16.1 Å². The van der Waals surface area contributed by atoms with Crippen LogP contribution in [0, 0.1) is 0 Å². The summed E-state index contributed by atoms with van der Waals surface area (Å²) in [4.78, 5) is 23.9. The van der Waals surface area contributed by atoms with E-state index in [4.69, 9.17) is 5.11 Å². The SMILES string of the molecule is CN1CCN2CCN(C(=O)c3cc4ncc(CCO)cn4n3)C[C@@H]2C1. The molecule has 0 aliphatic carbocycles. The van der Waals surface area contributed by atoms with Crippen LogP contribution in [0.5, 0.6) is 0 Å². The Morgan fingerprint density at radius 1 is 1.28 bits per heavy atom. The van der Waals surface area contributed by atoms with Crippen LogP contribution in [0.4, 0.5) is 0 Å². The van der Waals surface area contributed by atoms with Crippen molar-refractivity contribution < 1.29 is 9.90 Å². The molecular weight excluding hydrogens is 320 g/mol. The summed E-state index contributed by atoms with van der Waals surface area (Å²) >= 11 is 0. The molecule has 8 heteroatoms. The van der Waals surface area contributed by atoms with Crippen molar-refractivity contribution >= 4 is 11.6 Å². The lowest BCUT2D eigenvalue weighted by Crippen LogP contribution is -2.62. The number of fused-ring (bicyclic) bond motifs is 2. The van der Waals surface area contributed by atoms with Gasteiger partial charge in [0.05, 0.1) is 0 Å². The first-order valence-electron chi connectivity index (χ1n) is 8.81. The number of nitrogens with zero attached hydrogens (tertiary/aromatic N) is 6. The maximum Gasteiger partial charge on any atom is 0.274 e. The first kappa shape index (κ1) is 16.4. The van der Waals surface area contributed by atoms with Crippen LogP contribution in [0.3, 0.4) is 0 Å². The highest BCUT2D eigenvalue weighted by Gasteiger charge is 2.33. The molecule has 4 rings (SSSR count). The van der Waals surface area contributed by atoms with Gasteiger partial charge in [0.25, 0.3) is 5.91 Å². The van der Waals surface area contributed by atoms with E-state index in [0.717, 1.165) is 44.8 Å². The third-order valence-electron chi connectivity index (χ3n) is 5.17. The second kappa shape index (κ2) is 6.70.